The Morgan fingerprint density at radius 3 is 2.77 bits per heavy atom. The van der Waals surface area contributed by atoms with Crippen LogP contribution in [0.3, 0.4) is 0 Å². The lowest BCUT2D eigenvalue weighted by Gasteiger charge is -2.02. The van der Waals surface area contributed by atoms with E-state index in [9.17, 15) is 4.79 Å². The summed E-state index contributed by atoms with van der Waals surface area (Å²) in [5, 5.41) is 2.51. The SMILES string of the molecule is Cc1ccsc1C(=O)CSC(C)C. The van der Waals surface area contributed by atoms with E-state index in [1.165, 1.54) is 0 Å². The second-order valence-corrected chi connectivity index (χ2v) is 5.70. The zero-order valence-corrected chi connectivity index (χ0v) is 9.80. The summed E-state index contributed by atoms with van der Waals surface area (Å²) >= 11 is 3.25. The molecule has 0 aliphatic rings. The van der Waals surface area contributed by atoms with Gasteiger partial charge in [-0.15, -0.1) is 11.3 Å². The lowest BCUT2D eigenvalue weighted by molar-refractivity contribution is 0.102. The van der Waals surface area contributed by atoms with E-state index in [-0.39, 0.29) is 5.78 Å². The summed E-state index contributed by atoms with van der Waals surface area (Å²) < 4.78 is 0. The van der Waals surface area contributed by atoms with E-state index in [0.717, 1.165) is 10.4 Å². The quantitative estimate of drug-likeness (QED) is 0.715. The summed E-state index contributed by atoms with van der Waals surface area (Å²) in [4.78, 5) is 12.5. The molecule has 0 aliphatic heterocycles. The summed E-state index contributed by atoms with van der Waals surface area (Å²) in [6.07, 6.45) is 0. The largest absolute Gasteiger partial charge is 0.292 e. The molecule has 1 aromatic heterocycles. The molecule has 0 saturated heterocycles. The predicted octanol–water partition coefficient (Wildman–Crippen LogP) is 3.38. The summed E-state index contributed by atoms with van der Waals surface area (Å²) in [7, 11) is 0. The van der Waals surface area contributed by atoms with Crippen molar-refractivity contribution in [3.05, 3.63) is 21.9 Å². The van der Waals surface area contributed by atoms with Gasteiger partial charge in [0.25, 0.3) is 0 Å². The second-order valence-electron chi connectivity index (χ2n) is 3.22. The molecule has 13 heavy (non-hydrogen) atoms. The van der Waals surface area contributed by atoms with Crippen LogP contribution in [0, 0.1) is 6.92 Å². The number of aryl methyl sites for hydroxylation is 1. The molecule has 72 valence electrons. The van der Waals surface area contributed by atoms with Crippen molar-refractivity contribution in [2.45, 2.75) is 26.0 Å². The molecule has 0 radical (unpaired) electrons. The monoisotopic (exact) mass is 214 g/mol. The first-order chi connectivity index (χ1) is 6.11. The normalized spacial score (nSPS) is 10.8. The molecule has 3 heteroatoms. The van der Waals surface area contributed by atoms with Crippen LogP contribution in [0.5, 0.6) is 0 Å². The highest BCUT2D eigenvalue weighted by molar-refractivity contribution is 8.00. The molecule has 0 saturated carbocycles. The first-order valence-electron chi connectivity index (χ1n) is 4.30. The summed E-state index contributed by atoms with van der Waals surface area (Å²) in [6, 6.07) is 2.00. The second kappa shape index (κ2) is 4.82. The third kappa shape index (κ3) is 3.16. The number of hydrogen-bond acceptors (Lipinski definition) is 3. The molecule has 1 aromatic rings. The van der Waals surface area contributed by atoms with Crippen molar-refractivity contribution in [1.29, 1.82) is 0 Å². The van der Waals surface area contributed by atoms with Gasteiger partial charge in [-0.1, -0.05) is 13.8 Å². The molecule has 0 N–H and O–H groups in total. The number of thiophene rings is 1. The van der Waals surface area contributed by atoms with E-state index in [2.05, 4.69) is 13.8 Å². The first-order valence-corrected chi connectivity index (χ1v) is 6.23. The Bertz CT molecular complexity index is 289. The van der Waals surface area contributed by atoms with Crippen molar-refractivity contribution >= 4 is 28.9 Å². The number of hydrogen-bond donors (Lipinski definition) is 0. The van der Waals surface area contributed by atoms with Crippen LogP contribution in [0.25, 0.3) is 0 Å². The highest BCUT2D eigenvalue weighted by Crippen LogP contribution is 2.19. The Kier molecular flexibility index (Phi) is 4.00. The fourth-order valence-electron chi connectivity index (χ4n) is 0.966. The maximum absolute atomic E-state index is 11.6. The van der Waals surface area contributed by atoms with Gasteiger partial charge in [-0.2, -0.15) is 11.8 Å². The molecule has 0 spiro atoms. The lowest BCUT2D eigenvalue weighted by atomic mass is 10.2. The highest BCUT2D eigenvalue weighted by Gasteiger charge is 2.10. The number of Topliss-reactive ketones (excluding diaryl/α,β-unsaturated/α-hetero) is 1. The van der Waals surface area contributed by atoms with E-state index in [1.54, 1.807) is 23.1 Å². The van der Waals surface area contributed by atoms with Crippen LogP contribution in [0.2, 0.25) is 0 Å². The lowest BCUT2D eigenvalue weighted by Crippen LogP contribution is -2.03. The van der Waals surface area contributed by atoms with Gasteiger partial charge in [-0.3, -0.25) is 4.79 Å². The molecule has 0 amide bonds. The Morgan fingerprint density at radius 2 is 2.31 bits per heavy atom. The number of carbonyl (C=O) groups excluding carboxylic acids is 1. The van der Waals surface area contributed by atoms with Gasteiger partial charge < -0.3 is 0 Å². The van der Waals surface area contributed by atoms with Crippen LogP contribution < -0.4 is 0 Å². The van der Waals surface area contributed by atoms with Gasteiger partial charge >= 0.3 is 0 Å². The standard InChI is InChI=1S/C10H14OS2/c1-7(2)13-6-9(11)10-8(3)4-5-12-10/h4-5,7H,6H2,1-3H3. The fourth-order valence-corrected chi connectivity index (χ4v) is 2.55. The molecular formula is C10H14OS2. The Labute approximate surface area is 87.5 Å². The van der Waals surface area contributed by atoms with Gasteiger partial charge in [0.15, 0.2) is 5.78 Å². The molecule has 1 rings (SSSR count). The summed E-state index contributed by atoms with van der Waals surface area (Å²) in [6.45, 7) is 6.21. The summed E-state index contributed by atoms with van der Waals surface area (Å²) in [5.74, 6) is 0.880. The van der Waals surface area contributed by atoms with Crippen molar-refractivity contribution in [2.24, 2.45) is 0 Å². The van der Waals surface area contributed by atoms with Gasteiger partial charge in [0.05, 0.1) is 10.6 Å². The molecule has 0 aromatic carbocycles. The van der Waals surface area contributed by atoms with Crippen LogP contribution in [-0.2, 0) is 0 Å². The number of carbonyl (C=O) groups is 1. The number of ketones is 1. The van der Waals surface area contributed by atoms with Gasteiger partial charge in [-0.25, -0.2) is 0 Å². The van der Waals surface area contributed by atoms with Crippen LogP contribution in [0.1, 0.15) is 29.1 Å². The van der Waals surface area contributed by atoms with Crippen molar-refractivity contribution in [1.82, 2.24) is 0 Å². The zero-order chi connectivity index (χ0) is 9.84. The molecule has 0 bridgehead atoms. The van der Waals surface area contributed by atoms with E-state index >= 15 is 0 Å². The molecule has 1 heterocycles. The molecule has 1 nitrogen and oxygen atoms in total. The average Bonchev–Trinajstić information content (AvgIpc) is 2.47. The zero-order valence-electron chi connectivity index (χ0n) is 8.16. The Balaban J connectivity index is 2.54. The van der Waals surface area contributed by atoms with E-state index in [0.29, 0.717) is 11.0 Å². The number of rotatable bonds is 4. The van der Waals surface area contributed by atoms with E-state index in [4.69, 9.17) is 0 Å². The van der Waals surface area contributed by atoms with Crippen molar-refractivity contribution in [3.63, 3.8) is 0 Å². The highest BCUT2D eigenvalue weighted by atomic mass is 32.2. The van der Waals surface area contributed by atoms with E-state index in [1.807, 2.05) is 18.4 Å². The first kappa shape index (κ1) is 10.8. The van der Waals surface area contributed by atoms with Crippen LogP contribution in [-0.4, -0.2) is 16.8 Å². The van der Waals surface area contributed by atoms with Crippen molar-refractivity contribution in [2.75, 3.05) is 5.75 Å². The van der Waals surface area contributed by atoms with Crippen LogP contribution >= 0.6 is 23.1 Å². The Hall–Kier alpha value is -0.280. The minimum atomic E-state index is 0.270. The van der Waals surface area contributed by atoms with Gasteiger partial charge in [-0.05, 0) is 29.2 Å². The molecule has 0 aliphatic carbocycles. The van der Waals surface area contributed by atoms with Crippen molar-refractivity contribution in [3.8, 4) is 0 Å². The number of thioether (sulfide) groups is 1. The topological polar surface area (TPSA) is 17.1 Å². The third-order valence-corrected chi connectivity index (χ3v) is 3.82. The maximum Gasteiger partial charge on any atom is 0.182 e. The van der Waals surface area contributed by atoms with E-state index < -0.39 is 0 Å². The Morgan fingerprint density at radius 1 is 1.62 bits per heavy atom. The minimum Gasteiger partial charge on any atom is -0.292 e. The third-order valence-electron chi connectivity index (χ3n) is 1.66. The molecule has 0 atom stereocenters. The smallest absolute Gasteiger partial charge is 0.182 e. The van der Waals surface area contributed by atoms with Gasteiger partial charge in [0, 0.05) is 0 Å². The molecule has 0 unspecified atom stereocenters. The molecule has 0 fully saturated rings. The molecular weight excluding hydrogens is 200 g/mol. The summed E-state index contributed by atoms with van der Waals surface area (Å²) in [5.41, 5.74) is 1.11. The van der Waals surface area contributed by atoms with Gasteiger partial charge in [0.1, 0.15) is 0 Å². The predicted molar refractivity (Wildman–Crippen MR) is 61.0 cm³/mol. The minimum absolute atomic E-state index is 0.270. The van der Waals surface area contributed by atoms with Crippen LogP contribution in [0.4, 0.5) is 0 Å². The fraction of sp³-hybridized carbons (Fsp3) is 0.500. The van der Waals surface area contributed by atoms with Crippen molar-refractivity contribution < 1.29 is 4.79 Å². The van der Waals surface area contributed by atoms with Gasteiger partial charge in [0.2, 0.25) is 0 Å². The average molecular weight is 214 g/mol. The maximum atomic E-state index is 11.6. The van der Waals surface area contributed by atoms with Crippen LogP contribution in [0.15, 0.2) is 11.4 Å².